The first-order chi connectivity index (χ1) is 11.1. The van der Waals surface area contributed by atoms with E-state index in [4.69, 9.17) is 11.2 Å². The maximum absolute atomic E-state index is 13.7. The van der Waals surface area contributed by atoms with Crippen molar-refractivity contribution in [3.05, 3.63) is 29.6 Å². The zero-order valence-corrected chi connectivity index (χ0v) is 13.3. The van der Waals surface area contributed by atoms with Gasteiger partial charge >= 0.3 is 0 Å². The summed E-state index contributed by atoms with van der Waals surface area (Å²) < 4.78 is 18.6. The van der Waals surface area contributed by atoms with Crippen molar-refractivity contribution in [2.24, 2.45) is 0 Å². The van der Waals surface area contributed by atoms with E-state index in [2.05, 4.69) is 21.0 Å². The van der Waals surface area contributed by atoms with Gasteiger partial charge in [-0.3, -0.25) is 14.6 Å². The molecule has 1 aliphatic rings. The number of nitrogens with zero attached hydrogens (tertiary/aromatic N) is 2. The van der Waals surface area contributed by atoms with Gasteiger partial charge in [0.05, 0.1) is 20.2 Å². The Morgan fingerprint density at radius 1 is 1.35 bits per heavy atom. The van der Waals surface area contributed by atoms with Gasteiger partial charge in [0, 0.05) is 32.7 Å². The minimum absolute atomic E-state index is 0.0476. The van der Waals surface area contributed by atoms with E-state index >= 15 is 0 Å². The normalized spacial score (nSPS) is 15.9. The number of amides is 1. The SMILES string of the molecule is C#CCNC(=O)CN1CCN(Cc2ccc(OC)c(F)c2)CC1. The molecule has 124 valence electrons. The van der Waals surface area contributed by atoms with E-state index in [1.807, 2.05) is 6.07 Å². The highest BCUT2D eigenvalue weighted by atomic mass is 19.1. The summed E-state index contributed by atoms with van der Waals surface area (Å²) in [7, 11) is 1.46. The first-order valence-electron chi connectivity index (χ1n) is 7.59. The lowest BCUT2D eigenvalue weighted by molar-refractivity contribution is -0.122. The van der Waals surface area contributed by atoms with E-state index in [-0.39, 0.29) is 24.0 Å². The van der Waals surface area contributed by atoms with Crippen molar-refractivity contribution in [2.75, 3.05) is 46.4 Å². The molecule has 0 radical (unpaired) electrons. The minimum atomic E-state index is -0.339. The Kier molecular flexibility index (Phi) is 6.39. The molecule has 1 saturated heterocycles. The van der Waals surface area contributed by atoms with Crippen molar-refractivity contribution in [3.63, 3.8) is 0 Å². The molecule has 1 N–H and O–H groups in total. The summed E-state index contributed by atoms with van der Waals surface area (Å²) in [4.78, 5) is 16.0. The van der Waals surface area contributed by atoms with E-state index in [1.165, 1.54) is 13.2 Å². The Labute approximate surface area is 136 Å². The van der Waals surface area contributed by atoms with Gasteiger partial charge in [-0.1, -0.05) is 12.0 Å². The van der Waals surface area contributed by atoms with Crippen LogP contribution in [0.5, 0.6) is 5.75 Å². The van der Waals surface area contributed by atoms with Crippen LogP contribution < -0.4 is 10.1 Å². The van der Waals surface area contributed by atoms with E-state index in [0.717, 1.165) is 31.7 Å². The molecule has 0 unspecified atom stereocenters. The number of hydrogen-bond acceptors (Lipinski definition) is 4. The van der Waals surface area contributed by atoms with Crippen LogP contribution in [0.3, 0.4) is 0 Å². The number of piperazine rings is 1. The standard InChI is InChI=1S/C17H22FN3O2/c1-3-6-19-17(22)13-21-9-7-20(8-10-21)12-14-4-5-16(23-2)15(18)11-14/h1,4-5,11H,6-10,12-13H2,2H3,(H,19,22). The third kappa shape index (κ3) is 5.23. The molecular weight excluding hydrogens is 297 g/mol. The topological polar surface area (TPSA) is 44.8 Å². The number of hydrogen-bond donors (Lipinski definition) is 1. The van der Waals surface area contributed by atoms with E-state index in [1.54, 1.807) is 6.07 Å². The lowest BCUT2D eigenvalue weighted by Gasteiger charge is -2.34. The van der Waals surface area contributed by atoms with Crippen molar-refractivity contribution >= 4 is 5.91 Å². The van der Waals surface area contributed by atoms with Crippen LogP contribution in [-0.4, -0.2) is 62.1 Å². The second kappa shape index (κ2) is 8.51. The van der Waals surface area contributed by atoms with Crippen molar-refractivity contribution in [1.82, 2.24) is 15.1 Å². The van der Waals surface area contributed by atoms with Crippen molar-refractivity contribution in [2.45, 2.75) is 6.54 Å². The van der Waals surface area contributed by atoms with Crippen molar-refractivity contribution in [3.8, 4) is 18.1 Å². The molecule has 1 aromatic rings. The van der Waals surface area contributed by atoms with Gasteiger partial charge < -0.3 is 10.1 Å². The summed E-state index contributed by atoms with van der Waals surface area (Å²) in [5, 5.41) is 2.66. The summed E-state index contributed by atoms with van der Waals surface area (Å²) in [6, 6.07) is 5.04. The molecule has 0 spiro atoms. The number of halogens is 1. The Morgan fingerprint density at radius 2 is 2.04 bits per heavy atom. The zero-order chi connectivity index (χ0) is 16.7. The quantitative estimate of drug-likeness (QED) is 0.784. The predicted molar refractivity (Wildman–Crippen MR) is 86.5 cm³/mol. The average Bonchev–Trinajstić information content (AvgIpc) is 2.55. The molecule has 5 nitrogen and oxygen atoms in total. The van der Waals surface area contributed by atoms with Gasteiger partial charge in [0.2, 0.25) is 5.91 Å². The van der Waals surface area contributed by atoms with Crippen LogP contribution in [-0.2, 0) is 11.3 Å². The largest absolute Gasteiger partial charge is 0.494 e. The highest BCUT2D eigenvalue weighted by Gasteiger charge is 2.19. The molecule has 0 saturated carbocycles. The third-order valence-electron chi connectivity index (χ3n) is 3.84. The van der Waals surface area contributed by atoms with Crippen LogP contribution in [0.1, 0.15) is 5.56 Å². The van der Waals surface area contributed by atoms with Crippen molar-refractivity contribution in [1.29, 1.82) is 0 Å². The molecule has 6 heteroatoms. The number of benzene rings is 1. The predicted octanol–water partition coefficient (Wildman–Crippen LogP) is 0.701. The summed E-state index contributed by atoms with van der Waals surface area (Å²) in [5.74, 6) is 2.26. The highest BCUT2D eigenvalue weighted by molar-refractivity contribution is 5.78. The van der Waals surface area contributed by atoms with Gasteiger partial charge in [-0.2, -0.15) is 0 Å². The van der Waals surface area contributed by atoms with E-state index in [9.17, 15) is 9.18 Å². The van der Waals surface area contributed by atoms with Crippen molar-refractivity contribution < 1.29 is 13.9 Å². The molecule has 2 rings (SSSR count). The van der Waals surface area contributed by atoms with Gasteiger partial charge in [-0.05, 0) is 17.7 Å². The number of nitrogens with one attached hydrogen (secondary N) is 1. The fourth-order valence-electron chi connectivity index (χ4n) is 2.58. The zero-order valence-electron chi connectivity index (χ0n) is 13.3. The summed E-state index contributed by atoms with van der Waals surface area (Å²) in [6.45, 7) is 4.63. The number of terminal acetylenes is 1. The minimum Gasteiger partial charge on any atom is -0.494 e. The first kappa shape index (κ1) is 17.3. The monoisotopic (exact) mass is 319 g/mol. The molecular formula is C17H22FN3O2. The molecule has 0 bridgehead atoms. The van der Waals surface area contributed by atoms with Crippen LogP contribution in [0, 0.1) is 18.2 Å². The number of rotatable bonds is 6. The third-order valence-corrected chi connectivity index (χ3v) is 3.84. The molecule has 0 aromatic heterocycles. The van der Waals surface area contributed by atoms with Gasteiger partial charge in [-0.25, -0.2) is 4.39 Å². The fraction of sp³-hybridized carbons (Fsp3) is 0.471. The lowest BCUT2D eigenvalue weighted by Crippen LogP contribution is -2.49. The maximum Gasteiger partial charge on any atom is 0.234 e. The van der Waals surface area contributed by atoms with Gasteiger partial charge in [0.25, 0.3) is 0 Å². The molecule has 1 aliphatic heterocycles. The highest BCUT2D eigenvalue weighted by Crippen LogP contribution is 2.19. The Bertz CT molecular complexity index is 578. The fourth-order valence-corrected chi connectivity index (χ4v) is 2.58. The molecule has 1 amide bonds. The first-order valence-corrected chi connectivity index (χ1v) is 7.59. The Balaban J connectivity index is 1.77. The second-order valence-corrected chi connectivity index (χ2v) is 5.50. The Hall–Kier alpha value is -2.10. The van der Waals surface area contributed by atoms with Gasteiger partial charge in [-0.15, -0.1) is 6.42 Å². The van der Waals surface area contributed by atoms with Crippen LogP contribution in [0.25, 0.3) is 0 Å². The van der Waals surface area contributed by atoms with Gasteiger partial charge in [0.15, 0.2) is 11.6 Å². The molecule has 1 heterocycles. The average molecular weight is 319 g/mol. The number of methoxy groups -OCH3 is 1. The summed E-state index contributed by atoms with van der Waals surface area (Å²) >= 11 is 0. The molecule has 1 fully saturated rings. The number of carbonyl (C=O) groups is 1. The lowest BCUT2D eigenvalue weighted by atomic mass is 10.2. The summed E-state index contributed by atoms with van der Waals surface area (Å²) in [5.41, 5.74) is 0.920. The van der Waals surface area contributed by atoms with E-state index < -0.39 is 0 Å². The maximum atomic E-state index is 13.7. The van der Waals surface area contributed by atoms with Crippen LogP contribution in [0.4, 0.5) is 4.39 Å². The van der Waals surface area contributed by atoms with Gasteiger partial charge in [0.1, 0.15) is 0 Å². The smallest absolute Gasteiger partial charge is 0.234 e. The number of ether oxygens (including phenoxy) is 1. The molecule has 23 heavy (non-hydrogen) atoms. The molecule has 0 aliphatic carbocycles. The number of carbonyl (C=O) groups excluding carboxylic acids is 1. The molecule has 1 aromatic carbocycles. The van der Waals surface area contributed by atoms with Crippen LogP contribution in [0.2, 0.25) is 0 Å². The summed E-state index contributed by atoms with van der Waals surface area (Å²) in [6.07, 6.45) is 5.11. The Morgan fingerprint density at radius 3 is 2.65 bits per heavy atom. The van der Waals surface area contributed by atoms with E-state index in [0.29, 0.717) is 13.1 Å². The second-order valence-electron chi connectivity index (χ2n) is 5.50. The van der Waals surface area contributed by atoms with Crippen LogP contribution in [0.15, 0.2) is 18.2 Å². The molecule has 0 atom stereocenters. The van der Waals surface area contributed by atoms with Crippen LogP contribution >= 0.6 is 0 Å².